The van der Waals surface area contributed by atoms with Crippen molar-refractivity contribution in [3.05, 3.63) is 64.7 Å². The van der Waals surface area contributed by atoms with E-state index in [0.29, 0.717) is 0 Å². The van der Waals surface area contributed by atoms with E-state index in [1.807, 2.05) is 13.8 Å². The van der Waals surface area contributed by atoms with Crippen LogP contribution < -0.4 is 15.4 Å². The number of nitrogens with one attached hydrogen (secondary N) is 3. The molecule has 0 heterocycles. The lowest BCUT2D eigenvalue weighted by Gasteiger charge is -2.21. The van der Waals surface area contributed by atoms with E-state index in [1.54, 1.807) is 18.2 Å². The van der Waals surface area contributed by atoms with E-state index in [9.17, 15) is 13.2 Å². The zero-order chi connectivity index (χ0) is 21.0. The van der Waals surface area contributed by atoms with Gasteiger partial charge in [-0.05, 0) is 81.0 Å². The van der Waals surface area contributed by atoms with Crippen LogP contribution in [-0.2, 0) is 22.9 Å². The topological polar surface area (TPSA) is 87.3 Å². The standard InChI is InChI=1S/C22H29N3O3S/c1-15(18-9-6-10-21(14-18)29(27,28)23-3)24-22(26)25-16(2)19-12-11-17-7-4-5-8-20(17)13-19/h6,9-16,23H,4-5,7-8H2,1-3H3,(H2,24,25,26). The maximum atomic E-state index is 12.5. The number of fused-ring (bicyclic) bond motifs is 1. The molecule has 0 aromatic heterocycles. The molecule has 2 aromatic carbocycles. The molecule has 29 heavy (non-hydrogen) atoms. The van der Waals surface area contributed by atoms with Gasteiger partial charge in [0.05, 0.1) is 17.0 Å². The summed E-state index contributed by atoms with van der Waals surface area (Å²) >= 11 is 0. The number of carbonyl (C=O) groups excluding carboxylic acids is 1. The molecule has 0 radical (unpaired) electrons. The Balaban J connectivity index is 1.64. The van der Waals surface area contributed by atoms with Crippen LogP contribution in [-0.4, -0.2) is 21.5 Å². The lowest BCUT2D eigenvalue weighted by molar-refractivity contribution is 0.235. The lowest BCUT2D eigenvalue weighted by atomic mass is 9.89. The number of rotatable bonds is 6. The van der Waals surface area contributed by atoms with E-state index in [0.717, 1.165) is 24.0 Å². The van der Waals surface area contributed by atoms with Crippen LogP contribution in [0.25, 0.3) is 0 Å². The Hall–Kier alpha value is -2.38. The summed E-state index contributed by atoms with van der Waals surface area (Å²) in [5, 5.41) is 5.87. The molecular weight excluding hydrogens is 386 g/mol. The number of amides is 2. The van der Waals surface area contributed by atoms with Crippen molar-refractivity contribution in [2.45, 2.75) is 56.5 Å². The van der Waals surface area contributed by atoms with Crippen LogP contribution >= 0.6 is 0 Å². The van der Waals surface area contributed by atoms with Gasteiger partial charge < -0.3 is 10.6 Å². The molecule has 0 fully saturated rings. The second-order valence-corrected chi connectivity index (χ2v) is 9.46. The van der Waals surface area contributed by atoms with Gasteiger partial charge in [-0.2, -0.15) is 0 Å². The molecule has 2 amide bonds. The van der Waals surface area contributed by atoms with E-state index < -0.39 is 10.0 Å². The van der Waals surface area contributed by atoms with Gasteiger partial charge in [-0.3, -0.25) is 0 Å². The summed E-state index contributed by atoms with van der Waals surface area (Å²) in [6, 6.07) is 12.3. The fourth-order valence-corrected chi connectivity index (χ4v) is 4.48. The zero-order valence-electron chi connectivity index (χ0n) is 17.2. The van der Waals surface area contributed by atoms with Crippen molar-refractivity contribution in [3.63, 3.8) is 0 Å². The van der Waals surface area contributed by atoms with Crippen LogP contribution in [0.1, 0.15) is 61.0 Å². The minimum absolute atomic E-state index is 0.120. The fourth-order valence-electron chi connectivity index (χ4n) is 3.69. The first-order chi connectivity index (χ1) is 13.8. The van der Waals surface area contributed by atoms with Gasteiger partial charge in [0, 0.05) is 0 Å². The molecule has 0 saturated carbocycles. The van der Waals surface area contributed by atoms with Crippen molar-refractivity contribution < 1.29 is 13.2 Å². The molecule has 7 heteroatoms. The maximum absolute atomic E-state index is 12.5. The van der Waals surface area contributed by atoms with Crippen LogP contribution in [0, 0.1) is 0 Å². The van der Waals surface area contributed by atoms with Crippen LogP contribution in [0.5, 0.6) is 0 Å². The molecule has 1 aliphatic rings. The van der Waals surface area contributed by atoms with E-state index >= 15 is 0 Å². The van der Waals surface area contributed by atoms with Gasteiger partial charge in [0.25, 0.3) is 0 Å². The predicted octanol–water partition coefficient (Wildman–Crippen LogP) is 3.59. The molecule has 1 aliphatic carbocycles. The maximum Gasteiger partial charge on any atom is 0.315 e. The zero-order valence-corrected chi connectivity index (χ0v) is 18.0. The Kier molecular flexibility index (Phi) is 6.59. The lowest BCUT2D eigenvalue weighted by Crippen LogP contribution is -2.38. The Morgan fingerprint density at radius 1 is 0.897 bits per heavy atom. The summed E-state index contributed by atoms with van der Waals surface area (Å²) in [4.78, 5) is 12.7. The van der Waals surface area contributed by atoms with Crippen molar-refractivity contribution >= 4 is 16.1 Å². The molecule has 2 unspecified atom stereocenters. The Bertz CT molecular complexity index is 989. The predicted molar refractivity (Wildman–Crippen MR) is 114 cm³/mol. The number of aryl methyl sites for hydroxylation is 2. The monoisotopic (exact) mass is 415 g/mol. The first-order valence-corrected chi connectivity index (χ1v) is 11.5. The quantitative estimate of drug-likeness (QED) is 0.674. The van der Waals surface area contributed by atoms with Gasteiger partial charge in [0.1, 0.15) is 0 Å². The number of hydrogen-bond acceptors (Lipinski definition) is 3. The van der Waals surface area contributed by atoms with Crippen molar-refractivity contribution in [2.24, 2.45) is 0 Å². The third-order valence-corrected chi connectivity index (χ3v) is 6.92. The van der Waals surface area contributed by atoms with Crippen LogP contribution in [0.3, 0.4) is 0 Å². The molecule has 156 valence electrons. The van der Waals surface area contributed by atoms with Gasteiger partial charge >= 0.3 is 6.03 Å². The molecular formula is C22H29N3O3S. The van der Waals surface area contributed by atoms with Gasteiger partial charge in [-0.25, -0.2) is 17.9 Å². The van der Waals surface area contributed by atoms with Crippen molar-refractivity contribution in [3.8, 4) is 0 Å². The molecule has 3 N–H and O–H groups in total. The van der Waals surface area contributed by atoms with Crippen LogP contribution in [0.4, 0.5) is 4.79 Å². The Labute approximate surface area is 173 Å². The van der Waals surface area contributed by atoms with E-state index in [1.165, 1.54) is 37.1 Å². The summed E-state index contributed by atoms with van der Waals surface area (Å²) in [6.45, 7) is 3.79. The third kappa shape index (κ3) is 5.16. The average Bonchev–Trinajstić information content (AvgIpc) is 2.73. The first kappa shape index (κ1) is 21.3. The Morgan fingerprint density at radius 3 is 2.17 bits per heavy atom. The molecule has 0 aliphatic heterocycles. The summed E-state index contributed by atoms with van der Waals surface area (Å²) in [5.74, 6) is 0. The third-order valence-electron chi connectivity index (χ3n) is 5.50. The minimum Gasteiger partial charge on any atom is -0.332 e. The van der Waals surface area contributed by atoms with E-state index in [-0.39, 0.29) is 23.0 Å². The van der Waals surface area contributed by atoms with E-state index in [2.05, 4.69) is 33.6 Å². The van der Waals surface area contributed by atoms with E-state index in [4.69, 9.17) is 0 Å². The highest BCUT2D eigenvalue weighted by Crippen LogP contribution is 2.25. The SMILES string of the molecule is CNS(=O)(=O)c1cccc(C(C)NC(=O)NC(C)c2ccc3c(c2)CCCC3)c1. The molecule has 2 atom stereocenters. The smallest absolute Gasteiger partial charge is 0.315 e. The number of carbonyl (C=O) groups is 1. The minimum atomic E-state index is -3.52. The fraction of sp³-hybridized carbons (Fsp3) is 0.409. The molecule has 0 spiro atoms. The van der Waals surface area contributed by atoms with Crippen molar-refractivity contribution in [1.29, 1.82) is 0 Å². The number of hydrogen-bond donors (Lipinski definition) is 3. The van der Waals surface area contributed by atoms with Gasteiger partial charge in [-0.15, -0.1) is 0 Å². The second-order valence-electron chi connectivity index (χ2n) is 7.58. The summed E-state index contributed by atoms with van der Waals surface area (Å²) < 4.78 is 26.3. The largest absolute Gasteiger partial charge is 0.332 e. The summed E-state index contributed by atoms with van der Waals surface area (Å²) in [6.07, 6.45) is 4.71. The molecule has 6 nitrogen and oxygen atoms in total. The molecule has 0 saturated heterocycles. The summed E-state index contributed by atoms with van der Waals surface area (Å²) in [7, 11) is -2.15. The molecule has 2 aromatic rings. The highest BCUT2D eigenvalue weighted by atomic mass is 32.2. The first-order valence-electron chi connectivity index (χ1n) is 10.0. The number of urea groups is 1. The molecule has 0 bridgehead atoms. The average molecular weight is 416 g/mol. The van der Waals surface area contributed by atoms with Gasteiger partial charge in [0.2, 0.25) is 10.0 Å². The second kappa shape index (κ2) is 8.97. The van der Waals surface area contributed by atoms with Gasteiger partial charge in [0.15, 0.2) is 0 Å². The highest BCUT2D eigenvalue weighted by Gasteiger charge is 2.17. The number of sulfonamides is 1. The van der Waals surface area contributed by atoms with Gasteiger partial charge in [-0.1, -0.05) is 30.3 Å². The normalized spacial score (nSPS) is 15.8. The highest BCUT2D eigenvalue weighted by molar-refractivity contribution is 7.89. The number of benzene rings is 2. The van der Waals surface area contributed by atoms with Crippen molar-refractivity contribution in [2.75, 3.05) is 7.05 Å². The summed E-state index contributed by atoms with van der Waals surface area (Å²) in [5.41, 5.74) is 4.62. The van der Waals surface area contributed by atoms with Crippen LogP contribution in [0.15, 0.2) is 47.4 Å². The van der Waals surface area contributed by atoms with Crippen molar-refractivity contribution in [1.82, 2.24) is 15.4 Å². The molecule has 3 rings (SSSR count). The Morgan fingerprint density at radius 2 is 1.52 bits per heavy atom. The van der Waals surface area contributed by atoms with Crippen LogP contribution in [0.2, 0.25) is 0 Å².